The molecule has 3 N–H and O–H groups in total. The molecule has 1 amide bonds. The highest BCUT2D eigenvalue weighted by Crippen LogP contribution is 2.23. The largest absolute Gasteiger partial charge is 0.486 e. The Bertz CT molecular complexity index is 990. The Kier molecular flexibility index (Phi) is 7.23. The molecule has 2 aromatic carbocycles. The number of aromatic nitrogens is 3. The number of hydrogen-bond donors (Lipinski definition) is 2. The summed E-state index contributed by atoms with van der Waals surface area (Å²) < 4.78 is 7.11. The predicted octanol–water partition coefficient (Wildman–Crippen LogP) is 4.47. The van der Waals surface area contributed by atoms with Crippen LogP contribution in [0.5, 0.6) is 5.75 Å². The first-order chi connectivity index (χ1) is 14.3. The van der Waals surface area contributed by atoms with Crippen LogP contribution in [0.15, 0.2) is 53.7 Å². The highest BCUT2D eigenvalue weighted by Gasteiger charge is 2.19. The van der Waals surface area contributed by atoms with Crippen LogP contribution in [0.25, 0.3) is 0 Å². The Morgan fingerprint density at radius 1 is 1.13 bits per heavy atom. The maximum atomic E-state index is 12.4. The van der Waals surface area contributed by atoms with Gasteiger partial charge in [0, 0.05) is 10.7 Å². The van der Waals surface area contributed by atoms with E-state index >= 15 is 0 Å². The van der Waals surface area contributed by atoms with Crippen molar-refractivity contribution in [3.8, 4) is 5.75 Å². The van der Waals surface area contributed by atoms with Crippen molar-refractivity contribution in [3.05, 3.63) is 64.9 Å². The van der Waals surface area contributed by atoms with Gasteiger partial charge in [0.05, 0.1) is 5.25 Å². The monoisotopic (exact) mass is 445 g/mol. The highest BCUT2D eigenvalue weighted by atomic mass is 35.5. The maximum absolute atomic E-state index is 12.4. The number of carbonyl (C=O) groups is 1. The van der Waals surface area contributed by atoms with E-state index in [-0.39, 0.29) is 12.5 Å². The van der Waals surface area contributed by atoms with Gasteiger partial charge < -0.3 is 15.9 Å². The normalized spacial score (nSPS) is 12.0. The van der Waals surface area contributed by atoms with Gasteiger partial charge in [-0.3, -0.25) is 4.79 Å². The Balaban J connectivity index is 1.56. The first-order valence-electron chi connectivity index (χ1n) is 9.48. The molecule has 1 aromatic heterocycles. The average molecular weight is 446 g/mol. The van der Waals surface area contributed by atoms with Crippen LogP contribution in [0, 0.1) is 0 Å². The molecule has 7 nitrogen and oxygen atoms in total. The summed E-state index contributed by atoms with van der Waals surface area (Å²) in [4.78, 5) is 12.4. The van der Waals surface area contributed by atoms with Crippen LogP contribution in [0.4, 0.5) is 5.69 Å². The lowest BCUT2D eigenvalue weighted by Crippen LogP contribution is -2.24. The second-order valence-electron chi connectivity index (χ2n) is 7.04. The van der Waals surface area contributed by atoms with Crippen molar-refractivity contribution in [2.45, 2.75) is 43.7 Å². The van der Waals surface area contributed by atoms with E-state index in [4.69, 9.17) is 22.2 Å². The van der Waals surface area contributed by atoms with Gasteiger partial charge in [-0.15, -0.1) is 10.2 Å². The molecule has 0 bridgehead atoms. The minimum atomic E-state index is -0.426. The molecule has 3 rings (SSSR count). The molecule has 3 aromatic rings. The van der Waals surface area contributed by atoms with Crippen molar-refractivity contribution in [1.29, 1.82) is 0 Å². The summed E-state index contributed by atoms with van der Waals surface area (Å²) in [6, 6.07) is 14.8. The zero-order chi connectivity index (χ0) is 21.7. The minimum absolute atomic E-state index is 0.173. The van der Waals surface area contributed by atoms with Gasteiger partial charge in [0.2, 0.25) is 11.1 Å². The number of ether oxygens (including phenoxy) is 1. The summed E-state index contributed by atoms with van der Waals surface area (Å²) in [6.07, 6.45) is 0. The quantitative estimate of drug-likeness (QED) is 0.392. The van der Waals surface area contributed by atoms with Crippen molar-refractivity contribution in [1.82, 2.24) is 14.9 Å². The van der Waals surface area contributed by atoms with E-state index in [1.54, 1.807) is 31.2 Å². The number of nitrogens with one attached hydrogen (secondary N) is 1. The molecule has 30 heavy (non-hydrogen) atoms. The SMILES string of the molecule is CC(Sc1nnc(COc2ccc(C(C)C)cc2)n1N)C(=O)Nc1ccc(Cl)cc1. The number of carbonyl (C=O) groups excluding carboxylic acids is 1. The Morgan fingerprint density at radius 2 is 1.80 bits per heavy atom. The number of nitrogens with zero attached hydrogens (tertiary/aromatic N) is 3. The zero-order valence-electron chi connectivity index (χ0n) is 17.0. The molecule has 0 fully saturated rings. The number of halogens is 1. The standard InChI is InChI=1S/C21H24ClN5O2S/c1-13(2)15-4-10-18(11-5-15)29-12-19-25-26-21(27(19)23)30-14(3)20(28)24-17-8-6-16(22)7-9-17/h4-11,13-14H,12,23H2,1-3H3,(H,24,28). The number of benzene rings is 2. The molecule has 1 heterocycles. The van der Waals surface area contributed by atoms with E-state index in [0.717, 1.165) is 5.75 Å². The molecule has 0 saturated heterocycles. The lowest BCUT2D eigenvalue weighted by atomic mass is 10.0. The molecule has 0 saturated carbocycles. The van der Waals surface area contributed by atoms with Crippen LogP contribution < -0.4 is 15.9 Å². The Hall–Kier alpha value is -2.71. The topological polar surface area (TPSA) is 95.1 Å². The van der Waals surface area contributed by atoms with Gasteiger partial charge in [-0.1, -0.05) is 49.3 Å². The fourth-order valence-electron chi connectivity index (χ4n) is 2.57. The number of nitrogen functional groups attached to an aromatic ring is 1. The number of thioether (sulfide) groups is 1. The van der Waals surface area contributed by atoms with E-state index in [0.29, 0.717) is 27.6 Å². The first kappa shape index (κ1) is 22.0. The number of hydrogen-bond acceptors (Lipinski definition) is 6. The molecule has 0 aliphatic rings. The fraction of sp³-hybridized carbons (Fsp3) is 0.286. The van der Waals surface area contributed by atoms with Gasteiger partial charge >= 0.3 is 0 Å². The third-order valence-corrected chi connectivity index (χ3v) is 5.72. The van der Waals surface area contributed by atoms with Gasteiger partial charge in [0.15, 0.2) is 5.82 Å². The van der Waals surface area contributed by atoms with E-state index in [1.165, 1.54) is 22.0 Å². The second kappa shape index (κ2) is 9.86. The van der Waals surface area contributed by atoms with Gasteiger partial charge in [-0.05, 0) is 54.8 Å². The second-order valence-corrected chi connectivity index (χ2v) is 8.78. The highest BCUT2D eigenvalue weighted by molar-refractivity contribution is 8.00. The van der Waals surface area contributed by atoms with Crippen LogP contribution in [0.3, 0.4) is 0 Å². The molecule has 1 unspecified atom stereocenters. The molecule has 0 aliphatic heterocycles. The van der Waals surface area contributed by atoms with Gasteiger partial charge in [0.1, 0.15) is 12.4 Å². The van der Waals surface area contributed by atoms with E-state index in [9.17, 15) is 4.79 Å². The summed E-state index contributed by atoms with van der Waals surface area (Å²) >= 11 is 7.08. The molecule has 0 radical (unpaired) electrons. The van der Waals surface area contributed by atoms with Crippen LogP contribution >= 0.6 is 23.4 Å². The number of amides is 1. The maximum Gasteiger partial charge on any atom is 0.237 e. The summed E-state index contributed by atoms with van der Waals surface area (Å²) in [5.74, 6) is 7.58. The van der Waals surface area contributed by atoms with Gasteiger partial charge in [-0.2, -0.15) is 0 Å². The van der Waals surface area contributed by atoms with Crippen molar-refractivity contribution >= 4 is 35.0 Å². The van der Waals surface area contributed by atoms with Crippen molar-refractivity contribution in [3.63, 3.8) is 0 Å². The lowest BCUT2D eigenvalue weighted by Gasteiger charge is -2.12. The van der Waals surface area contributed by atoms with E-state index < -0.39 is 5.25 Å². The van der Waals surface area contributed by atoms with Crippen molar-refractivity contribution in [2.24, 2.45) is 0 Å². The third kappa shape index (κ3) is 5.67. The van der Waals surface area contributed by atoms with Crippen LogP contribution in [-0.4, -0.2) is 26.0 Å². The predicted molar refractivity (Wildman–Crippen MR) is 120 cm³/mol. The van der Waals surface area contributed by atoms with Gasteiger partial charge in [0.25, 0.3) is 0 Å². The summed E-state index contributed by atoms with van der Waals surface area (Å²) in [5, 5.41) is 11.6. The van der Waals surface area contributed by atoms with Crippen LogP contribution in [-0.2, 0) is 11.4 Å². The zero-order valence-corrected chi connectivity index (χ0v) is 18.6. The summed E-state index contributed by atoms with van der Waals surface area (Å²) in [6.45, 7) is 6.23. The van der Waals surface area contributed by atoms with E-state index in [2.05, 4.69) is 29.4 Å². The number of rotatable bonds is 8. The third-order valence-electron chi connectivity index (χ3n) is 4.41. The van der Waals surface area contributed by atoms with Gasteiger partial charge in [-0.25, -0.2) is 4.68 Å². The summed E-state index contributed by atoms with van der Waals surface area (Å²) in [7, 11) is 0. The molecule has 0 spiro atoms. The molecule has 158 valence electrons. The summed E-state index contributed by atoms with van der Waals surface area (Å²) in [5.41, 5.74) is 1.91. The Morgan fingerprint density at radius 3 is 2.43 bits per heavy atom. The molecular formula is C21H24ClN5O2S. The number of nitrogens with two attached hydrogens (primary N) is 1. The average Bonchev–Trinajstić information content (AvgIpc) is 3.07. The van der Waals surface area contributed by atoms with Crippen LogP contribution in [0.2, 0.25) is 5.02 Å². The number of anilines is 1. The van der Waals surface area contributed by atoms with Crippen molar-refractivity contribution in [2.75, 3.05) is 11.2 Å². The molecule has 1 atom stereocenters. The fourth-order valence-corrected chi connectivity index (χ4v) is 3.49. The van der Waals surface area contributed by atoms with E-state index in [1.807, 2.05) is 24.3 Å². The lowest BCUT2D eigenvalue weighted by molar-refractivity contribution is -0.115. The molecular weight excluding hydrogens is 422 g/mol. The molecule has 0 aliphatic carbocycles. The molecule has 9 heteroatoms. The minimum Gasteiger partial charge on any atom is -0.486 e. The first-order valence-corrected chi connectivity index (χ1v) is 10.7. The van der Waals surface area contributed by atoms with Crippen LogP contribution in [0.1, 0.15) is 38.1 Å². The van der Waals surface area contributed by atoms with Crippen molar-refractivity contribution < 1.29 is 9.53 Å². The Labute approximate surface area is 184 Å². The smallest absolute Gasteiger partial charge is 0.237 e.